The fourth-order valence-corrected chi connectivity index (χ4v) is 1.78. The topological polar surface area (TPSA) is 41.5 Å². The first-order valence-electron chi connectivity index (χ1n) is 6.23. The van der Waals surface area contributed by atoms with Crippen LogP contribution in [-0.4, -0.2) is 11.7 Å². The molecule has 3 nitrogen and oxygen atoms in total. The van der Waals surface area contributed by atoms with E-state index in [-0.39, 0.29) is 18.0 Å². The van der Waals surface area contributed by atoms with E-state index in [1.165, 1.54) is 30.3 Å². The fourth-order valence-electron chi connectivity index (χ4n) is 1.78. The van der Waals surface area contributed by atoms with E-state index in [0.29, 0.717) is 17.9 Å². The number of anilines is 1. The van der Waals surface area contributed by atoms with Crippen molar-refractivity contribution in [2.75, 3.05) is 11.9 Å². The molecule has 5 heteroatoms. The second-order valence-corrected chi connectivity index (χ2v) is 4.20. The van der Waals surface area contributed by atoms with Crippen LogP contribution in [0, 0.1) is 11.6 Å². The third-order valence-corrected chi connectivity index (χ3v) is 2.76. The van der Waals surface area contributed by atoms with Gasteiger partial charge in [-0.15, -0.1) is 0 Å². The van der Waals surface area contributed by atoms with Crippen LogP contribution < -0.4 is 10.1 Å². The molecule has 0 aromatic heterocycles. The van der Waals surface area contributed by atoms with E-state index in [2.05, 4.69) is 5.32 Å². The van der Waals surface area contributed by atoms with Crippen LogP contribution >= 0.6 is 0 Å². The number of rotatable bonds is 5. The Kier molecular flexibility index (Phi) is 4.40. The summed E-state index contributed by atoms with van der Waals surface area (Å²) in [5.41, 5.74) is 0.925. The highest BCUT2D eigenvalue weighted by atomic mass is 19.1. The van der Waals surface area contributed by atoms with Crippen molar-refractivity contribution in [3.63, 3.8) is 0 Å². The van der Waals surface area contributed by atoms with Gasteiger partial charge in [0.15, 0.2) is 11.6 Å². The number of hydrogen-bond acceptors (Lipinski definition) is 3. The van der Waals surface area contributed by atoms with Gasteiger partial charge in [0.25, 0.3) is 0 Å². The lowest BCUT2D eigenvalue weighted by Gasteiger charge is -2.10. The molecule has 0 atom stereocenters. The molecule has 0 aliphatic heterocycles. The van der Waals surface area contributed by atoms with E-state index in [9.17, 15) is 13.9 Å². The first-order valence-corrected chi connectivity index (χ1v) is 6.23. The third kappa shape index (κ3) is 3.38. The van der Waals surface area contributed by atoms with Crippen molar-refractivity contribution in [3.05, 3.63) is 53.6 Å². The summed E-state index contributed by atoms with van der Waals surface area (Å²) in [5.74, 6) is -0.727. The molecule has 20 heavy (non-hydrogen) atoms. The number of ether oxygens (including phenoxy) is 1. The molecule has 0 amide bonds. The summed E-state index contributed by atoms with van der Waals surface area (Å²) in [6.45, 7) is 2.36. The standard InChI is InChI=1S/C15H15F2NO2/c1-2-20-15-6-4-12(8-13(15)17)18-9-10-7-11(16)3-5-14(10)19/h3-8,18-19H,2,9H2,1H3. The maximum atomic E-state index is 13.6. The second kappa shape index (κ2) is 6.23. The van der Waals surface area contributed by atoms with Crippen LogP contribution in [0.4, 0.5) is 14.5 Å². The molecule has 2 rings (SSSR count). The molecule has 0 bridgehead atoms. The summed E-state index contributed by atoms with van der Waals surface area (Å²) in [6.07, 6.45) is 0. The molecule has 2 N–H and O–H groups in total. The number of phenols is 1. The lowest BCUT2D eigenvalue weighted by Crippen LogP contribution is -2.01. The molecule has 2 aromatic rings. The Balaban J connectivity index is 2.07. The number of hydrogen-bond donors (Lipinski definition) is 2. The van der Waals surface area contributed by atoms with Crippen molar-refractivity contribution in [3.8, 4) is 11.5 Å². The molecular formula is C15H15F2NO2. The molecule has 106 valence electrons. The van der Waals surface area contributed by atoms with Gasteiger partial charge in [-0.05, 0) is 37.3 Å². The first kappa shape index (κ1) is 14.1. The minimum Gasteiger partial charge on any atom is -0.508 e. The average Bonchev–Trinajstić information content (AvgIpc) is 2.43. The van der Waals surface area contributed by atoms with Crippen molar-refractivity contribution in [1.82, 2.24) is 0 Å². The molecule has 2 aromatic carbocycles. The van der Waals surface area contributed by atoms with E-state index in [0.717, 1.165) is 0 Å². The van der Waals surface area contributed by atoms with Gasteiger partial charge in [-0.3, -0.25) is 0 Å². The van der Waals surface area contributed by atoms with Crippen molar-refractivity contribution in [2.24, 2.45) is 0 Å². The van der Waals surface area contributed by atoms with E-state index in [1.807, 2.05) is 0 Å². The molecule has 0 spiro atoms. The zero-order chi connectivity index (χ0) is 14.5. The Morgan fingerprint density at radius 2 is 1.95 bits per heavy atom. The summed E-state index contributed by atoms with van der Waals surface area (Å²) in [7, 11) is 0. The van der Waals surface area contributed by atoms with Gasteiger partial charge in [-0.1, -0.05) is 0 Å². The minimum absolute atomic E-state index is 0.00897. The molecule has 0 aliphatic rings. The highest BCUT2D eigenvalue weighted by molar-refractivity contribution is 5.48. The van der Waals surface area contributed by atoms with Gasteiger partial charge >= 0.3 is 0 Å². The SMILES string of the molecule is CCOc1ccc(NCc2cc(F)ccc2O)cc1F. The highest BCUT2D eigenvalue weighted by Crippen LogP contribution is 2.23. The second-order valence-electron chi connectivity index (χ2n) is 4.20. The van der Waals surface area contributed by atoms with Gasteiger partial charge in [0.05, 0.1) is 6.61 Å². The van der Waals surface area contributed by atoms with E-state index < -0.39 is 11.6 Å². The molecule has 0 aliphatic carbocycles. The van der Waals surface area contributed by atoms with Gasteiger partial charge < -0.3 is 15.2 Å². The smallest absolute Gasteiger partial charge is 0.167 e. The number of nitrogens with one attached hydrogen (secondary N) is 1. The van der Waals surface area contributed by atoms with Gasteiger partial charge in [-0.25, -0.2) is 8.78 Å². The quantitative estimate of drug-likeness (QED) is 0.877. The Morgan fingerprint density at radius 1 is 1.15 bits per heavy atom. The zero-order valence-corrected chi connectivity index (χ0v) is 11.0. The lowest BCUT2D eigenvalue weighted by atomic mass is 10.2. The molecule has 0 saturated heterocycles. The van der Waals surface area contributed by atoms with Gasteiger partial charge in [0.1, 0.15) is 11.6 Å². The minimum atomic E-state index is -0.472. The van der Waals surface area contributed by atoms with Crippen molar-refractivity contribution < 1.29 is 18.6 Å². The van der Waals surface area contributed by atoms with E-state index >= 15 is 0 Å². The van der Waals surface area contributed by atoms with Gasteiger partial charge in [-0.2, -0.15) is 0 Å². The van der Waals surface area contributed by atoms with Crippen LogP contribution in [0.25, 0.3) is 0 Å². The summed E-state index contributed by atoms with van der Waals surface area (Å²) in [5, 5.41) is 12.5. The molecular weight excluding hydrogens is 264 g/mol. The van der Waals surface area contributed by atoms with E-state index in [1.54, 1.807) is 13.0 Å². The Labute approximate surface area is 115 Å². The summed E-state index contributed by atoms with van der Waals surface area (Å²) < 4.78 is 31.8. The predicted octanol–water partition coefficient (Wildman–Crippen LogP) is 3.68. The maximum absolute atomic E-state index is 13.6. The van der Waals surface area contributed by atoms with Crippen LogP contribution in [0.5, 0.6) is 11.5 Å². The number of halogens is 2. The maximum Gasteiger partial charge on any atom is 0.167 e. The van der Waals surface area contributed by atoms with Crippen molar-refractivity contribution >= 4 is 5.69 Å². The fraction of sp³-hybridized carbons (Fsp3) is 0.200. The molecule has 0 fully saturated rings. The number of benzene rings is 2. The van der Waals surface area contributed by atoms with Crippen molar-refractivity contribution in [1.29, 1.82) is 0 Å². The van der Waals surface area contributed by atoms with Crippen LogP contribution in [0.1, 0.15) is 12.5 Å². The summed E-state index contributed by atoms with van der Waals surface area (Å²) >= 11 is 0. The molecule has 0 heterocycles. The van der Waals surface area contributed by atoms with Crippen LogP contribution in [0.15, 0.2) is 36.4 Å². The first-order chi connectivity index (χ1) is 9.60. The highest BCUT2D eigenvalue weighted by Gasteiger charge is 2.06. The predicted molar refractivity (Wildman–Crippen MR) is 73.0 cm³/mol. The van der Waals surface area contributed by atoms with E-state index in [4.69, 9.17) is 4.74 Å². The number of aromatic hydroxyl groups is 1. The van der Waals surface area contributed by atoms with Crippen LogP contribution in [0.2, 0.25) is 0 Å². The number of phenolic OH excluding ortho intramolecular Hbond substituents is 1. The molecule has 0 saturated carbocycles. The van der Waals surface area contributed by atoms with Gasteiger partial charge in [0, 0.05) is 23.9 Å². The lowest BCUT2D eigenvalue weighted by molar-refractivity contribution is 0.321. The van der Waals surface area contributed by atoms with Crippen molar-refractivity contribution in [2.45, 2.75) is 13.5 Å². The normalized spacial score (nSPS) is 10.3. The summed E-state index contributed by atoms with van der Waals surface area (Å²) in [4.78, 5) is 0. The zero-order valence-electron chi connectivity index (χ0n) is 11.0. The largest absolute Gasteiger partial charge is 0.508 e. The van der Waals surface area contributed by atoms with Crippen LogP contribution in [0.3, 0.4) is 0 Å². The van der Waals surface area contributed by atoms with Crippen LogP contribution in [-0.2, 0) is 6.54 Å². The third-order valence-electron chi connectivity index (χ3n) is 2.76. The Bertz CT molecular complexity index is 602. The summed E-state index contributed by atoms with van der Waals surface area (Å²) in [6, 6.07) is 8.16. The molecule has 0 radical (unpaired) electrons. The Hall–Kier alpha value is -2.30. The monoisotopic (exact) mass is 279 g/mol. The Morgan fingerprint density at radius 3 is 2.65 bits per heavy atom. The van der Waals surface area contributed by atoms with Gasteiger partial charge in [0.2, 0.25) is 0 Å². The molecule has 0 unspecified atom stereocenters. The average molecular weight is 279 g/mol.